The van der Waals surface area contributed by atoms with Crippen LogP contribution in [0.1, 0.15) is 19.8 Å². The molecule has 1 aromatic carbocycles. The van der Waals surface area contributed by atoms with Crippen molar-refractivity contribution in [1.29, 1.82) is 0 Å². The van der Waals surface area contributed by atoms with Crippen LogP contribution in [0.15, 0.2) is 30.3 Å². The van der Waals surface area contributed by atoms with Crippen LogP contribution in [0.25, 0.3) is 0 Å². The Bertz CT molecular complexity index is 272. The molecule has 0 saturated heterocycles. The lowest BCUT2D eigenvalue weighted by Crippen LogP contribution is -2.00. The van der Waals surface area contributed by atoms with E-state index in [-0.39, 0.29) is 0 Å². The number of hydrogen-bond donors (Lipinski definition) is 0. The van der Waals surface area contributed by atoms with Gasteiger partial charge >= 0.3 is 0 Å². The number of thioether (sulfide) groups is 1. The fourth-order valence-corrected chi connectivity index (χ4v) is 2.02. The summed E-state index contributed by atoms with van der Waals surface area (Å²) >= 11 is 6.70. The van der Waals surface area contributed by atoms with Gasteiger partial charge in [0.15, 0.2) is 0 Å². The number of benzene rings is 1. The van der Waals surface area contributed by atoms with Crippen LogP contribution in [-0.2, 0) is 0 Å². The van der Waals surface area contributed by atoms with Gasteiger partial charge in [-0.3, -0.25) is 0 Å². The largest absolute Gasteiger partial charge is 0.440 e. The lowest BCUT2D eigenvalue weighted by atomic mass is 10.3. The third-order valence-corrected chi connectivity index (χ3v) is 2.91. The minimum Gasteiger partial charge on any atom is -0.440 e. The molecule has 0 aliphatic heterocycles. The summed E-state index contributed by atoms with van der Waals surface area (Å²) in [7, 11) is 0. The van der Waals surface area contributed by atoms with Gasteiger partial charge in [0.1, 0.15) is 5.75 Å². The molecule has 0 aliphatic rings. The molecule has 0 spiro atoms. The fraction of sp³-hybridized carbons (Fsp3) is 0.364. The van der Waals surface area contributed by atoms with E-state index in [9.17, 15) is 0 Å². The van der Waals surface area contributed by atoms with Gasteiger partial charge in [-0.2, -0.15) is 0 Å². The summed E-state index contributed by atoms with van der Waals surface area (Å²) in [5, 5.41) is 0. The molecule has 14 heavy (non-hydrogen) atoms. The molecule has 0 unspecified atom stereocenters. The van der Waals surface area contributed by atoms with Gasteiger partial charge in [0.2, 0.25) is 4.38 Å². The van der Waals surface area contributed by atoms with Gasteiger partial charge in [0.25, 0.3) is 0 Å². The van der Waals surface area contributed by atoms with Crippen molar-refractivity contribution in [2.75, 3.05) is 5.75 Å². The van der Waals surface area contributed by atoms with Crippen molar-refractivity contribution in [2.24, 2.45) is 0 Å². The minimum absolute atomic E-state index is 0.615. The molecule has 3 heteroatoms. The Morgan fingerprint density at radius 3 is 2.71 bits per heavy atom. The van der Waals surface area contributed by atoms with E-state index in [0.717, 1.165) is 11.5 Å². The Balaban J connectivity index is 2.27. The first-order valence-electron chi connectivity index (χ1n) is 4.72. The van der Waals surface area contributed by atoms with Crippen molar-refractivity contribution < 1.29 is 4.74 Å². The van der Waals surface area contributed by atoms with Crippen LogP contribution in [0.4, 0.5) is 0 Å². The average Bonchev–Trinajstić information content (AvgIpc) is 2.20. The molecule has 76 valence electrons. The Morgan fingerprint density at radius 1 is 1.36 bits per heavy atom. The maximum absolute atomic E-state index is 5.46. The van der Waals surface area contributed by atoms with Crippen LogP contribution in [-0.4, -0.2) is 10.1 Å². The van der Waals surface area contributed by atoms with Crippen molar-refractivity contribution >= 4 is 28.4 Å². The molecular formula is C11H14OS2. The highest BCUT2D eigenvalue weighted by Crippen LogP contribution is 2.15. The van der Waals surface area contributed by atoms with Crippen LogP contribution in [0.2, 0.25) is 0 Å². The standard InChI is InChI=1S/C11H14OS2/c1-2-3-9-14-11(13)12-10-7-5-4-6-8-10/h4-8H,2-3,9H2,1H3. The number of hydrogen-bond acceptors (Lipinski definition) is 3. The number of ether oxygens (including phenoxy) is 1. The van der Waals surface area contributed by atoms with Crippen molar-refractivity contribution in [3.63, 3.8) is 0 Å². The summed E-state index contributed by atoms with van der Waals surface area (Å²) in [4.78, 5) is 0. The predicted octanol–water partition coefficient (Wildman–Crippen LogP) is 3.88. The topological polar surface area (TPSA) is 9.23 Å². The Morgan fingerprint density at radius 2 is 2.07 bits per heavy atom. The normalized spacial score (nSPS) is 9.79. The quantitative estimate of drug-likeness (QED) is 0.569. The van der Waals surface area contributed by atoms with E-state index in [4.69, 9.17) is 17.0 Å². The highest BCUT2D eigenvalue weighted by molar-refractivity contribution is 8.22. The average molecular weight is 226 g/mol. The molecule has 0 atom stereocenters. The number of rotatable bonds is 4. The monoisotopic (exact) mass is 226 g/mol. The van der Waals surface area contributed by atoms with Gasteiger partial charge in [-0.1, -0.05) is 43.3 Å². The molecule has 0 aliphatic carbocycles. The first-order chi connectivity index (χ1) is 6.83. The van der Waals surface area contributed by atoms with E-state index < -0.39 is 0 Å². The van der Waals surface area contributed by atoms with Gasteiger partial charge in [0, 0.05) is 5.75 Å². The third-order valence-electron chi connectivity index (χ3n) is 1.66. The molecule has 1 nitrogen and oxygen atoms in total. The van der Waals surface area contributed by atoms with Crippen molar-refractivity contribution in [2.45, 2.75) is 19.8 Å². The van der Waals surface area contributed by atoms with E-state index in [2.05, 4.69) is 6.92 Å². The first kappa shape index (κ1) is 11.5. The van der Waals surface area contributed by atoms with Crippen LogP contribution in [0.3, 0.4) is 0 Å². The molecule has 0 N–H and O–H groups in total. The van der Waals surface area contributed by atoms with Crippen LogP contribution in [0.5, 0.6) is 5.75 Å². The molecule has 1 rings (SSSR count). The fourth-order valence-electron chi connectivity index (χ4n) is 0.914. The predicted molar refractivity (Wildman–Crippen MR) is 67.0 cm³/mol. The zero-order valence-electron chi connectivity index (χ0n) is 8.23. The number of unbranched alkanes of at least 4 members (excludes halogenated alkanes) is 1. The molecule has 0 aromatic heterocycles. The van der Waals surface area contributed by atoms with Crippen molar-refractivity contribution in [1.82, 2.24) is 0 Å². The highest BCUT2D eigenvalue weighted by Gasteiger charge is 1.99. The zero-order valence-corrected chi connectivity index (χ0v) is 9.87. The summed E-state index contributed by atoms with van der Waals surface area (Å²) in [5.74, 6) is 1.86. The summed E-state index contributed by atoms with van der Waals surface area (Å²) in [6.07, 6.45) is 2.38. The Labute approximate surface area is 94.9 Å². The van der Waals surface area contributed by atoms with Crippen molar-refractivity contribution in [3.05, 3.63) is 30.3 Å². The van der Waals surface area contributed by atoms with Crippen molar-refractivity contribution in [3.8, 4) is 5.75 Å². The number of para-hydroxylation sites is 1. The molecular weight excluding hydrogens is 212 g/mol. The van der Waals surface area contributed by atoms with Crippen LogP contribution < -0.4 is 4.74 Å². The summed E-state index contributed by atoms with van der Waals surface area (Å²) in [6, 6.07) is 9.66. The molecule has 0 heterocycles. The molecule has 0 bridgehead atoms. The van der Waals surface area contributed by atoms with Crippen LogP contribution in [0, 0.1) is 0 Å². The lowest BCUT2D eigenvalue weighted by Gasteiger charge is -2.05. The van der Waals surface area contributed by atoms with Gasteiger partial charge < -0.3 is 4.74 Å². The highest BCUT2D eigenvalue weighted by atomic mass is 32.2. The Hall–Kier alpha value is -0.540. The maximum Gasteiger partial charge on any atom is 0.225 e. The van der Waals surface area contributed by atoms with E-state index in [0.29, 0.717) is 4.38 Å². The third kappa shape index (κ3) is 4.63. The van der Waals surface area contributed by atoms with E-state index in [1.807, 2.05) is 30.3 Å². The van der Waals surface area contributed by atoms with Crippen LogP contribution >= 0.6 is 24.0 Å². The molecule has 0 saturated carbocycles. The zero-order chi connectivity index (χ0) is 10.2. The lowest BCUT2D eigenvalue weighted by molar-refractivity contribution is 0.579. The smallest absolute Gasteiger partial charge is 0.225 e. The van der Waals surface area contributed by atoms with Gasteiger partial charge in [-0.15, -0.1) is 0 Å². The van der Waals surface area contributed by atoms with Gasteiger partial charge in [-0.05, 0) is 30.8 Å². The second kappa shape index (κ2) is 6.85. The SMILES string of the molecule is CCCCSC(=S)Oc1ccccc1. The molecule has 0 radical (unpaired) electrons. The van der Waals surface area contributed by atoms with E-state index in [1.54, 1.807) is 11.8 Å². The van der Waals surface area contributed by atoms with Gasteiger partial charge in [0.05, 0.1) is 0 Å². The van der Waals surface area contributed by atoms with E-state index in [1.165, 1.54) is 12.8 Å². The second-order valence-electron chi connectivity index (χ2n) is 2.87. The minimum atomic E-state index is 0.615. The molecule has 0 fully saturated rings. The summed E-state index contributed by atoms with van der Waals surface area (Å²) in [6.45, 7) is 2.17. The first-order valence-corrected chi connectivity index (χ1v) is 6.12. The maximum atomic E-state index is 5.46. The second-order valence-corrected chi connectivity index (χ2v) is 4.56. The Kier molecular flexibility index (Phi) is 5.64. The molecule has 0 amide bonds. The number of thiocarbonyl (C=S) groups is 1. The van der Waals surface area contributed by atoms with Gasteiger partial charge in [-0.25, -0.2) is 0 Å². The summed E-state index contributed by atoms with van der Waals surface area (Å²) < 4.78 is 6.07. The summed E-state index contributed by atoms with van der Waals surface area (Å²) in [5.41, 5.74) is 0. The van der Waals surface area contributed by atoms with E-state index >= 15 is 0 Å². The molecule has 1 aromatic rings.